The van der Waals surface area contributed by atoms with Gasteiger partial charge < -0.3 is 10.2 Å². The Bertz CT molecular complexity index is 378. The van der Waals surface area contributed by atoms with E-state index in [0.29, 0.717) is 6.04 Å². The SMILES string of the molecule is Cc1cc(NC2CC3CCC(C2)N3C)nn1C. The Morgan fingerprint density at radius 1 is 1.24 bits per heavy atom. The minimum Gasteiger partial charge on any atom is -0.366 e. The molecule has 0 saturated carbocycles. The van der Waals surface area contributed by atoms with Crippen molar-refractivity contribution in [3.05, 3.63) is 11.8 Å². The molecule has 0 amide bonds. The van der Waals surface area contributed by atoms with E-state index in [1.165, 1.54) is 31.4 Å². The van der Waals surface area contributed by atoms with Crippen LogP contribution in [-0.2, 0) is 7.05 Å². The largest absolute Gasteiger partial charge is 0.366 e. The van der Waals surface area contributed by atoms with Crippen LogP contribution in [-0.4, -0.2) is 39.9 Å². The summed E-state index contributed by atoms with van der Waals surface area (Å²) in [5, 5.41) is 8.09. The highest BCUT2D eigenvalue weighted by atomic mass is 15.3. The second-order valence-corrected chi connectivity index (χ2v) is 5.66. The second-order valence-electron chi connectivity index (χ2n) is 5.66. The molecular weight excluding hydrogens is 212 g/mol. The number of rotatable bonds is 2. The van der Waals surface area contributed by atoms with E-state index in [0.717, 1.165) is 17.9 Å². The van der Waals surface area contributed by atoms with E-state index >= 15 is 0 Å². The van der Waals surface area contributed by atoms with Crippen LogP contribution in [0, 0.1) is 6.92 Å². The molecular formula is C13H22N4. The van der Waals surface area contributed by atoms with Crippen LogP contribution >= 0.6 is 0 Å². The highest BCUT2D eigenvalue weighted by Crippen LogP contribution is 2.35. The second kappa shape index (κ2) is 4.02. The van der Waals surface area contributed by atoms with Gasteiger partial charge in [-0.15, -0.1) is 0 Å². The van der Waals surface area contributed by atoms with Crippen molar-refractivity contribution < 1.29 is 0 Å². The Kier molecular flexibility index (Phi) is 2.62. The van der Waals surface area contributed by atoms with Crippen molar-refractivity contribution in [2.45, 2.75) is 50.7 Å². The van der Waals surface area contributed by atoms with Crippen LogP contribution in [0.5, 0.6) is 0 Å². The zero-order valence-electron chi connectivity index (χ0n) is 11.0. The third kappa shape index (κ3) is 1.95. The zero-order valence-corrected chi connectivity index (χ0v) is 11.0. The summed E-state index contributed by atoms with van der Waals surface area (Å²) in [7, 11) is 4.28. The first kappa shape index (κ1) is 11.1. The summed E-state index contributed by atoms with van der Waals surface area (Å²) in [6, 6.07) is 4.32. The van der Waals surface area contributed by atoms with Crippen LogP contribution in [0.2, 0.25) is 0 Å². The topological polar surface area (TPSA) is 33.1 Å². The molecule has 2 aliphatic heterocycles. The van der Waals surface area contributed by atoms with Crippen LogP contribution in [0.15, 0.2) is 6.07 Å². The Balaban J connectivity index is 1.67. The molecule has 3 heterocycles. The first-order valence-corrected chi connectivity index (χ1v) is 6.62. The summed E-state index contributed by atoms with van der Waals surface area (Å²) < 4.78 is 1.94. The lowest BCUT2D eigenvalue weighted by atomic mass is 9.98. The standard InChI is InChI=1S/C13H22N4/c1-9-6-13(15-17(9)3)14-10-7-11-4-5-12(8-10)16(11)2/h6,10-12H,4-5,7-8H2,1-3H3,(H,14,15). The van der Waals surface area contributed by atoms with Gasteiger partial charge in [-0.2, -0.15) is 5.10 Å². The van der Waals surface area contributed by atoms with Crippen LogP contribution in [0.3, 0.4) is 0 Å². The van der Waals surface area contributed by atoms with Gasteiger partial charge in [0, 0.05) is 36.9 Å². The Morgan fingerprint density at radius 2 is 1.88 bits per heavy atom. The quantitative estimate of drug-likeness (QED) is 0.846. The van der Waals surface area contributed by atoms with Gasteiger partial charge in [-0.25, -0.2) is 0 Å². The number of aromatic nitrogens is 2. The summed E-state index contributed by atoms with van der Waals surface area (Å²) in [4.78, 5) is 2.57. The van der Waals surface area contributed by atoms with E-state index < -0.39 is 0 Å². The van der Waals surface area contributed by atoms with E-state index in [1.807, 2.05) is 11.7 Å². The van der Waals surface area contributed by atoms with Crippen LogP contribution in [0.4, 0.5) is 5.82 Å². The van der Waals surface area contributed by atoms with Crippen molar-refractivity contribution in [3.8, 4) is 0 Å². The van der Waals surface area contributed by atoms with Crippen molar-refractivity contribution in [1.29, 1.82) is 0 Å². The molecule has 4 heteroatoms. The Hall–Kier alpha value is -1.03. The summed E-state index contributed by atoms with van der Waals surface area (Å²) in [6.45, 7) is 2.09. The molecule has 1 N–H and O–H groups in total. The molecule has 0 aromatic carbocycles. The third-order valence-corrected chi connectivity index (χ3v) is 4.56. The number of hydrogen-bond donors (Lipinski definition) is 1. The average molecular weight is 234 g/mol. The molecule has 2 aliphatic rings. The van der Waals surface area contributed by atoms with Crippen LogP contribution < -0.4 is 5.32 Å². The van der Waals surface area contributed by atoms with Crippen molar-refractivity contribution in [3.63, 3.8) is 0 Å². The summed E-state index contributed by atoms with van der Waals surface area (Å²) in [5.41, 5.74) is 1.21. The molecule has 0 spiro atoms. The zero-order chi connectivity index (χ0) is 12.0. The van der Waals surface area contributed by atoms with E-state index in [-0.39, 0.29) is 0 Å². The maximum absolute atomic E-state index is 4.49. The van der Waals surface area contributed by atoms with Gasteiger partial charge in [0.05, 0.1) is 0 Å². The van der Waals surface area contributed by atoms with Crippen LogP contribution in [0.25, 0.3) is 0 Å². The van der Waals surface area contributed by atoms with Gasteiger partial charge in [-0.05, 0) is 39.7 Å². The van der Waals surface area contributed by atoms with Gasteiger partial charge in [0.15, 0.2) is 0 Å². The highest BCUT2D eigenvalue weighted by Gasteiger charge is 2.38. The lowest BCUT2D eigenvalue weighted by Gasteiger charge is -2.36. The fourth-order valence-electron chi connectivity index (χ4n) is 3.37. The minimum absolute atomic E-state index is 0.609. The number of fused-ring (bicyclic) bond motifs is 2. The molecule has 2 unspecified atom stereocenters. The van der Waals surface area contributed by atoms with Crippen molar-refractivity contribution >= 4 is 5.82 Å². The number of aryl methyl sites for hydroxylation is 2. The van der Waals surface area contributed by atoms with E-state index in [2.05, 4.69) is 35.4 Å². The Labute approximate surface area is 103 Å². The maximum atomic E-state index is 4.49. The van der Waals surface area contributed by atoms with Crippen LogP contribution in [0.1, 0.15) is 31.4 Å². The average Bonchev–Trinajstić information content (AvgIpc) is 2.69. The lowest BCUT2D eigenvalue weighted by Crippen LogP contribution is -2.44. The van der Waals surface area contributed by atoms with Gasteiger partial charge >= 0.3 is 0 Å². The third-order valence-electron chi connectivity index (χ3n) is 4.56. The fourth-order valence-corrected chi connectivity index (χ4v) is 3.37. The van der Waals surface area contributed by atoms with Gasteiger partial charge in [-0.1, -0.05) is 0 Å². The molecule has 3 rings (SSSR count). The lowest BCUT2D eigenvalue weighted by molar-refractivity contribution is 0.168. The molecule has 1 aromatic rings. The molecule has 2 atom stereocenters. The number of hydrogen-bond acceptors (Lipinski definition) is 3. The smallest absolute Gasteiger partial charge is 0.148 e. The van der Waals surface area contributed by atoms with Gasteiger partial charge in [0.25, 0.3) is 0 Å². The van der Waals surface area contributed by atoms with Gasteiger partial charge in [0.1, 0.15) is 5.82 Å². The monoisotopic (exact) mass is 234 g/mol. The first-order chi connectivity index (χ1) is 8.13. The first-order valence-electron chi connectivity index (χ1n) is 6.62. The summed E-state index contributed by atoms with van der Waals surface area (Å²) in [6.07, 6.45) is 5.28. The molecule has 94 valence electrons. The van der Waals surface area contributed by atoms with Crippen molar-refractivity contribution in [2.24, 2.45) is 7.05 Å². The van der Waals surface area contributed by atoms with Gasteiger partial charge in [-0.3, -0.25) is 4.68 Å². The Morgan fingerprint density at radius 3 is 2.41 bits per heavy atom. The molecule has 2 fully saturated rings. The van der Waals surface area contributed by atoms with Gasteiger partial charge in [0.2, 0.25) is 0 Å². The minimum atomic E-state index is 0.609. The number of nitrogens with one attached hydrogen (secondary N) is 1. The van der Waals surface area contributed by atoms with E-state index in [9.17, 15) is 0 Å². The van der Waals surface area contributed by atoms with Crippen molar-refractivity contribution in [2.75, 3.05) is 12.4 Å². The molecule has 0 aliphatic carbocycles. The number of piperidine rings is 1. The maximum Gasteiger partial charge on any atom is 0.148 e. The predicted molar refractivity (Wildman–Crippen MR) is 69.2 cm³/mol. The fraction of sp³-hybridized carbons (Fsp3) is 0.769. The number of nitrogens with zero attached hydrogens (tertiary/aromatic N) is 3. The molecule has 0 radical (unpaired) electrons. The predicted octanol–water partition coefficient (Wildman–Crippen LogP) is 1.77. The molecule has 2 bridgehead atoms. The number of anilines is 1. The normalized spacial score (nSPS) is 33.0. The summed E-state index contributed by atoms with van der Waals surface area (Å²) in [5.74, 6) is 1.04. The van der Waals surface area contributed by atoms with E-state index in [4.69, 9.17) is 0 Å². The molecule has 1 aromatic heterocycles. The molecule has 2 saturated heterocycles. The van der Waals surface area contributed by atoms with Crippen molar-refractivity contribution in [1.82, 2.24) is 14.7 Å². The van der Waals surface area contributed by atoms with E-state index in [1.54, 1.807) is 0 Å². The molecule has 4 nitrogen and oxygen atoms in total. The highest BCUT2D eigenvalue weighted by molar-refractivity contribution is 5.37. The molecule has 17 heavy (non-hydrogen) atoms. The summed E-state index contributed by atoms with van der Waals surface area (Å²) >= 11 is 0.